The molecule has 1 rings (SSSR count). The Morgan fingerprint density at radius 1 is 1.06 bits per heavy atom. The summed E-state index contributed by atoms with van der Waals surface area (Å²) in [6, 6.07) is 7.87. The monoisotopic (exact) mass is 253 g/mol. The molecule has 0 heterocycles. The van der Waals surface area contributed by atoms with Crippen molar-refractivity contribution in [2.24, 2.45) is 0 Å². The van der Waals surface area contributed by atoms with Gasteiger partial charge in [0.05, 0.1) is 13.2 Å². The van der Waals surface area contributed by atoms with Crippen LogP contribution >= 0.6 is 0 Å². The molecule has 0 atom stereocenters. The van der Waals surface area contributed by atoms with Gasteiger partial charge in [-0.15, -0.1) is 0 Å². The van der Waals surface area contributed by atoms with Gasteiger partial charge in [0.15, 0.2) is 6.29 Å². The second kappa shape index (κ2) is 8.78. The highest BCUT2D eigenvalue weighted by molar-refractivity contribution is 5.48. The highest BCUT2D eigenvalue weighted by Crippen LogP contribution is 2.17. The van der Waals surface area contributed by atoms with Crippen molar-refractivity contribution in [3.63, 3.8) is 0 Å². The van der Waals surface area contributed by atoms with Gasteiger partial charge in [0.1, 0.15) is 5.75 Å². The van der Waals surface area contributed by atoms with E-state index in [4.69, 9.17) is 14.2 Å². The van der Waals surface area contributed by atoms with Gasteiger partial charge < -0.3 is 19.5 Å². The Bertz CT molecular complexity index is 325. The smallest absolute Gasteiger partial charge is 0.174 e. The van der Waals surface area contributed by atoms with Crippen molar-refractivity contribution in [1.82, 2.24) is 0 Å². The maximum Gasteiger partial charge on any atom is 0.174 e. The van der Waals surface area contributed by atoms with Crippen molar-refractivity contribution in [3.05, 3.63) is 24.3 Å². The van der Waals surface area contributed by atoms with Crippen molar-refractivity contribution in [2.45, 2.75) is 27.1 Å². The molecule has 0 unspecified atom stereocenters. The van der Waals surface area contributed by atoms with E-state index < -0.39 is 0 Å². The standard InChI is InChI=1S/C14H23NO3/c1-4-16-13-9-7-8-12(10-13)15-11-14(17-5-2)18-6-3/h7-10,14-15H,4-6,11H2,1-3H3. The second-order valence-electron chi connectivity index (χ2n) is 3.68. The summed E-state index contributed by atoms with van der Waals surface area (Å²) in [7, 11) is 0. The van der Waals surface area contributed by atoms with Gasteiger partial charge in [0, 0.05) is 25.0 Å². The number of hydrogen-bond donors (Lipinski definition) is 1. The van der Waals surface area contributed by atoms with Crippen molar-refractivity contribution in [1.29, 1.82) is 0 Å². The van der Waals surface area contributed by atoms with Gasteiger partial charge >= 0.3 is 0 Å². The van der Waals surface area contributed by atoms with E-state index in [0.717, 1.165) is 11.4 Å². The molecule has 0 bridgehead atoms. The average molecular weight is 253 g/mol. The van der Waals surface area contributed by atoms with Gasteiger partial charge in [-0.05, 0) is 32.9 Å². The van der Waals surface area contributed by atoms with Crippen molar-refractivity contribution in [3.8, 4) is 5.75 Å². The number of ether oxygens (including phenoxy) is 3. The lowest BCUT2D eigenvalue weighted by Gasteiger charge is -2.18. The molecule has 4 heteroatoms. The Hall–Kier alpha value is -1.26. The summed E-state index contributed by atoms with van der Waals surface area (Å²) in [5.74, 6) is 0.867. The molecule has 0 saturated carbocycles. The minimum Gasteiger partial charge on any atom is -0.494 e. The van der Waals surface area contributed by atoms with Gasteiger partial charge in [-0.2, -0.15) is 0 Å². The van der Waals surface area contributed by atoms with Crippen molar-refractivity contribution < 1.29 is 14.2 Å². The second-order valence-corrected chi connectivity index (χ2v) is 3.68. The summed E-state index contributed by atoms with van der Waals surface area (Å²) in [4.78, 5) is 0. The van der Waals surface area contributed by atoms with E-state index in [-0.39, 0.29) is 6.29 Å². The highest BCUT2D eigenvalue weighted by Gasteiger charge is 2.07. The first-order valence-electron chi connectivity index (χ1n) is 6.50. The van der Waals surface area contributed by atoms with Gasteiger partial charge in [-0.25, -0.2) is 0 Å². The maximum atomic E-state index is 5.47. The van der Waals surface area contributed by atoms with Crippen LogP contribution < -0.4 is 10.1 Å². The molecule has 0 fully saturated rings. The summed E-state index contributed by atoms with van der Waals surface area (Å²) in [6.07, 6.45) is -0.212. The third kappa shape index (κ3) is 5.38. The topological polar surface area (TPSA) is 39.7 Å². The third-order valence-corrected chi connectivity index (χ3v) is 2.32. The molecule has 0 aliphatic heterocycles. The zero-order chi connectivity index (χ0) is 13.2. The zero-order valence-electron chi connectivity index (χ0n) is 11.4. The lowest BCUT2D eigenvalue weighted by molar-refractivity contribution is -0.126. The summed E-state index contributed by atoms with van der Waals surface area (Å²) in [5.41, 5.74) is 1.00. The van der Waals surface area contributed by atoms with Gasteiger partial charge in [0.2, 0.25) is 0 Å². The molecule has 1 aromatic rings. The van der Waals surface area contributed by atoms with Crippen LogP contribution in [-0.2, 0) is 9.47 Å². The Labute approximate surface area is 109 Å². The molecule has 0 saturated heterocycles. The summed E-state index contributed by atoms with van der Waals surface area (Å²) >= 11 is 0. The predicted octanol–water partition coefficient (Wildman–Crippen LogP) is 2.90. The molecule has 0 spiro atoms. The molecule has 0 aliphatic rings. The fraction of sp³-hybridized carbons (Fsp3) is 0.571. The lowest BCUT2D eigenvalue weighted by Crippen LogP contribution is -2.26. The normalized spacial score (nSPS) is 10.7. The molecule has 0 aliphatic carbocycles. The maximum absolute atomic E-state index is 5.47. The quantitative estimate of drug-likeness (QED) is 0.687. The summed E-state index contributed by atoms with van der Waals surface area (Å²) in [5, 5.41) is 3.28. The van der Waals surface area contributed by atoms with Crippen LogP contribution in [0.4, 0.5) is 5.69 Å². The van der Waals surface area contributed by atoms with E-state index in [1.807, 2.05) is 45.0 Å². The number of hydrogen-bond acceptors (Lipinski definition) is 4. The molecule has 1 N–H and O–H groups in total. The zero-order valence-corrected chi connectivity index (χ0v) is 11.4. The Morgan fingerprint density at radius 2 is 1.78 bits per heavy atom. The van der Waals surface area contributed by atoms with Crippen LogP contribution in [0.15, 0.2) is 24.3 Å². The van der Waals surface area contributed by atoms with Crippen molar-refractivity contribution >= 4 is 5.69 Å². The van der Waals surface area contributed by atoms with E-state index in [1.54, 1.807) is 0 Å². The summed E-state index contributed by atoms with van der Waals surface area (Å²) in [6.45, 7) is 8.47. The predicted molar refractivity (Wildman–Crippen MR) is 73.1 cm³/mol. The first kappa shape index (κ1) is 14.8. The first-order valence-corrected chi connectivity index (χ1v) is 6.50. The minimum absolute atomic E-state index is 0.212. The highest BCUT2D eigenvalue weighted by atomic mass is 16.7. The van der Waals surface area contributed by atoms with E-state index >= 15 is 0 Å². The van der Waals surface area contributed by atoms with Crippen molar-refractivity contribution in [2.75, 3.05) is 31.7 Å². The van der Waals surface area contributed by atoms with E-state index in [2.05, 4.69) is 5.32 Å². The van der Waals surface area contributed by atoms with Crippen LogP contribution in [-0.4, -0.2) is 32.7 Å². The van der Waals surface area contributed by atoms with Crippen LogP contribution in [0.3, 0.4) is 0 Å². The molecule has 4 nitrogen and oxygen atoms in total. The van der Waals surface area contributed by atoms with Gasteiger partial charge in [-0.1, -0.05) is 6.07 Å². The van der Waals surface area contributed by atoms with E-state index in [0.29, 0.717) is 26.4 Å². The fourth-order valence-corrected chi connectivity index (χ4v) is 1.60. The molecule has 0 radical (unpaired) electrons. The van der Waals surface area contributed by atoms with Gasteiger partial charge in [-0.3, -0.25) is 0 Å². The Balaban J connectivity index is 2.47. The Kier molecular flexibility index (Phi) is 7.22. The van der Waals surface area contributed by atoms with E-state index in [1.165, 1.54) is 0 Å². The Morgan fingerprint density at radius 3 is 2.39 bits per heavy atom. The van der Waals surface area contributed by atoms with Crippen LogP contribution in [0.2, 0.25) is 0 Å². The minimum atomic E-state index is -0.212. The molecule has 1 aromatic carbocycles. The van der Waals surface area contributed by atoms with Crippen LogP contribution in [0.1, 0.15) is 20.8 Å². The van der Waals surface area contributed by atoms with Crippen LogP contribution in [0.25, 0.3) is 0 Å². The number of nitrogens with one attached hydrogen (secondary N) is 1. The fourth-order valence-electron chi connectivity index (χ4n) is 1.60. The van der Waals surface area contributed by atoms with Gasteiger partial charge in [0.25, 0.3) is 0 Å². The lowest BCUT2D eigenvalue weighted by atomic mass is 10.3. The number of benzene rings is 1. The molecule has 0 aromatic heterocycles. The average Bonchev–Trinajstić information content (AvgIpc) is 2.37. The third-order valence-electron chi connectivity index (χ3n) is 2.32. The first-order chi connectivity index (χ1) is 8.80. The summed E-state index contributed by atoms with van der Waals surface area (Å²) < 4.78 is 16.4. The number of rotatable bonds is 9. The van der Waals surface area contributed by atoms with E-state index in [9.17, 15) is 0 Å². The van der Waals surface area contributed by atoms with Crippen LogP contribution in [0.5, 0.6) is 5.75 Å². The molecular formula is C14H23NO3. The SMILES string of the molecule is CCOc1cccc(NCC(OCC)OCC)c1. The molecule has 18 heavy (non-hydrogen) atoms. The molecule has 102 valence electrons. The largest absolute Gasteiger partial charge is 0.494 e. The molecular weight excluding hydrogens is 230 g/mol. The number of anilines is 1. The van der Waals surface area contributed by atoms with Crippen LogP contribution in [0, 0.1) is 0 Å². The molecule has 0 amide bonds.